The van der Waals surface area contributed by atoms with E-state index in [0.29, 0.717) is 29.8 Å². The van der Waals surface area contributed by atoms with Gasteiger partial charge in [-0.1, -0.05) is 6.07 Å². The number of methoxy groups -OCH3 is 1. The van der Waals surface area contributed by atoms with E-state index in [0.717, 1.165) is 21.9 Å². The van der Waals surface area contributed by atoms with Crippen molar-refractivity contribution in [2.75, 3.05) is 13.7 Å². The molecule has 0 bridgehead atoms. The molecule has 0 aliphatic rings. The number of amides is 1. The molecule has 26 heavy (non-hydrogen) atoms. The molecule has 3 heterocycles. The summed E-state index contributed by atoms with van der Waals surface area (Å²) in [5, 5.41) is 4.91. The van der Waals surface area contributed by atoms with Crippen LogP contribution in [0.2, 0.25) is 0 Å². The third kappa shape index (κ3) is 3.18. The van der Waals surface area contributed by atoms with E-state index in [1.807, 2.05) is 17.5 Å². The summed E-state index contributed by atoms with van der Waals surface area (Å²) >= 11 is 1.60. The number of rotatable bonds is 6. The second-order valence-corrected chi connectivity index (χ2v) is 6.67. The van der Waals surface area contributed by atoms with Crippen LogP contribution in [0.1, 0.15) is 16.1 Å². The summed E-state index contributed by atoms with van der Waals surface area (Å²) in [5.74, 6) is 1.18. The lowest BCUT2D eigenvalue weighted by atomic mass is 10.1. The van der Waals surface area contributed by atoms with Gasteiger partial charge in [-0.05, 0) is 23.6 Å². The predicted octanol–water partition coefficient (Wildman–Crippen LogP) is 3.00. The van der Waals surface area contributed by atoms with Crippen LogP contribution in [0, 0.1) is 0 Å². The fourth-order valence-electron chi connectivity index (χ4n) is 2.74. The van der Waals surface area contributed by atoms with Gasteiger partial charge in [-0.2, -0.15) is 0 Å². The molecule has 0 saturated heterocycles. The number of hydrogen-bond acceptors (Lipinski definition) is 5. The third-order valence-corrected chi connectivity index (χ3v) is 4.90. The molecule has 0 fully saturated rings. The molecular formula is C18H17N5O2S. The second-order valence-electron chi connectivity index (χ2n) is 5.72. The maximum Gasteiger partial charge on any atom is 0.251 e. The number of carbonyl (C=O) groups excluding carboxylic acids is 1. The average molecular weight is 367 g/mol. The van der Waals surface area contributed by atoms with E-state index in [1.54, 1.807) is 43.1 Å². The molecular weight excluding hydrogens is 350 g/mol. The molecule has 0 spiro atoms. The number of aromatic nitrogens is 4. The highest BCUT2D eigenvalue weighted by molar-refractivity contribution is 7.13. The van der Waals surface area contributed by atoms with Gasteiger partial charge in [-0.15, -0.1) is 11.3 Å². The lowest BCUT2D eigenvalue weighted by molar-refractivity contribution is 0.0954. The molecule has 3 N–H and O–H groups in total. The lowest BCUT2D eigenvalue weighted by Crippen LogP contribution is -2.25. The summed E-state index contributed by atoms with van der Waals surface area (Å²) in [6, 6.07) is 7.49. The molecule has 132 valence electrons. The molecule has 0 radical (unpaired) electrons. The number of fused-ring (bicyclic) bond motifs is 1. The number of benzene rings is 1. The van der Waals surface area contributed by atoms with Crippen molar-refractivity contribution in [3.05, 3.63) is 53.4 Å². The number of carbonyl (C=O) groups is 1. The molecule has 1 amide bonds. The minimum absolute atomic E-state index is 0.156. The third-order valence-electron chi connectivity index (χ3n) is 4.02. The zero-order valence-corrected chi connectivity index (χ0v) is 14.9. The smallest absolute Gasteiger partial charge is 0.251 e. The van der Waals surface area contributed by atoms with Crippen LogP contribution in [0.3, 0.4) is 0 Å². The Labute approximate surface area is 153 Å². The molecule has 0 atom stereocenters. The van der Waals surface area contributed by atoms with E-state index < -0.39 is 0 Å². The van der Waals surface area contributed by atoms with Crippen molar-refractivity contribution in [1.29, 1.82) is 0 Å². The standard InChI is InChI=1S/C18H17N5O2S/c1-25-14-8-11(18(24)20-5-4-12-9-19-10-21-12)7-13-16(14)23-17(22-13)15-3-2-6-26-15/h2-3,6-10H,4-5H2,1H3,(H,19,21)(H,20,24)(H,22,23). The van der Waals surface area contributed by atoms with Gasteiger partial charge < -0.3 is 20.0 Å². The molecule has 3 aromatic heterocycles. The first-order valence-corrected chi connectivity index (χ1v) is 8.99. The number of hydrogen-bond donors (Lipinski definition) is 3. The zero-order valence-electron chi connectivity index (χ0n) is 14.1. The molecule has 7 nitrogen and oxygen atoms in total. The van der Waals surface area contributed by atoms with E-state index in [9.17, 15) is 4.79 Å². The Morgan fingerprint density at radius 1 is 1.38 bits per heavy atom. The Morgan fingerprint density at radius 2 is 2.31 bits per heavy atom. The maximum absolute atomic E-state index is 12.5. The van der Waals surface area contributed by atoms with Gasteiger partial charge in [-0.3, -0.25) is 4.79 Å². The summed E-state index contributed by atoms with van der Waals surface area (Å²) in [4.78, 5) is 28.4. The number of imidazole rings is 2. The molecule has 4 rings (SSSR count). The number of thiophene rings is 1. The second kappa shape index (κ2) is 7.01. The first kappa shape index (κ1) is 16.3. The zero-order chi connectivity index (χ0) is 17.9. The van der Waals surface area contributed by atoms with Gasteiger partial charge in [0.25, 0.3) is 5.91 Å². The number of nitrogens with zero attached hydrogens (tertiary/aromatic N) is 2. The normalized spacial score (nSPS) is 11.0. The molecule has 0 aliphatic carbocycles. The number of H-pyrrole nitrogens is 2. The minimum Gasteiger partial charge on any atom is -0.494 e. The van der Waals surface area contributed by atoms with E-state index in [2.05, 4.69) is 25.3 Å². The fraction of sp³-hybridized carbons (Fsp3) is 0.167. The molecule has 8 heteroatoms. The maximum atomic E-state index is 12.5. The first-order chi connectivity index (χ1) is 12.7. The van der Waals surface area contributed by atoms with E-state index >= 15 is 0 Å². The van der Waals surface area contributed by atoms with Crippen LogP contribution in [0.25, 0.3) is 21.7 Å². The van der Waals surface area contributed by atoms with Gasteiger partial charge in [0.2, 0.25) is 0 Å². The summed E-state index contributed by atoms with van der Waals surface area (Å²) < 4.78 is 5.44. The molecule has 0 unspecified atom stereocenters. The molecule has 4 aromatic rings. The van der Waals surface area contributed by atoms with Gasteiger partial charge in [0.15, 0.2) is 0 Å². The summed E-state index contributed by atoms with van der Waals surface area (Å²) in [7, 11) is 1.58. The number of nitrogens with one attached hydrogen (secondary N) is 3. The summed E-state index contributed by atoms with van der Waals surface area (Å²) in [6.45, 7) is 0.519. The van der Waals surface area contributed by atoms with E-state index in [1.165, 1.54) is 0 Å². The minimum atomic E-state index is -0.156. The van der Waals surface area contributed by atoms with Crippen molar-refractivity contribution in [2.24, 2.45) is 0 Å². The van der Waals surface area contributed by atoms with Crippen LogP contribution < -0.4 is 10.1 Å². The van der Waals surface area contributed by atoms with Crippen molar-refractivity contribution in [3.63, 3.8) is 0 Å². The van der Waals surface area contributed by atoms with Gasteiger partial charge >= 0.3 is 0 Å². The van der Waals surface area contributed by atoms with Crippen molar-refractivity contribution < 1.29 is 9.53 Å². The van der Waals surface area contributed by atoms with Crippen LogP contribution >= 0.6 is 11.3 Å². The highest BCUT2D eigenvalue weighted by Gasteiger charge is 2.15. The molecule has 0 saturated carbocycles. The Hall–Kier alpha value is -3.13. The summed E-state index contributed by atoms with van der Waals surface area (Å²) in [5.41, 5.74) is 2.99. The highest BCUT2D eigenvalue weighted by Crippen LogP contribution is 2.30. The van der Waals surface area contributed by atoms with Gasteiger partial charge in [0.1, 0.15) is 17.1 Å². The monoisotopic (exact) mass is 367 g/mol. The van der Waals surface area contributed by atoms with Crippen molar-refractivity contribution in [3.8, 4) is 16.5 Å². The van der Waals surface area contributed by atoms with Crippen molar-refractivity contribution in [1.82, 2.24) is 25.3 Å². The Kier molecular flexibility index (Phi) is 4.40. The largest absolute Gasteiger partial charge is 0.494 e. The molecule has 1 aromatic carbocycles. The SMILES string of the molecule is COc1cc(C(=O)NCCc2cnc[nH]2)cc2[nH]c(-c3cccs3)nc12. The first-order valence-electron chi connectivity index (χ1n) is 8.11. The average Bonchev–Trinajstić information content (AvgIpc) is 3.40. The van der Waals surface area contributed by atoms with Crippen LogP contribution in [-0.2, 0) is 6.42 Å². The van der Waals surface area contributed by atoms with Crippen molar-refractivity contribution in [2.45, 2.75) is 6.42 Å². The number of ether oxygens (including phenoxy) is 1. The number of aromatic amines is 2. The Balaban J connectivity index is 1.57. The van der Waals surface area contributed by atoms with Gasteiger partial charge in [0, 0.05) is 30.4 Å². The van der Waals surface area contributed by atoms with Crippen LogP contribution in [0.4, 0.5) is 0 Å². The lowest BCUT2D eigenvalue weighted by Gasteiger charge is -2.07. The van der Waals surface area contributed by atoms with Crippen LogP contribution in [0.15, 0.2) is 42.2 Å². The van der Waals surface area contributed by atoms with Crippen molar-refractivity contribution >= 4 is 28.3 Å². The molecule has 0 aliphatic heterocycles. The topological polar surface area (TPSA) is 95.7 Å². The Bertz CT molecular complexity index is 1020. The van der Waals surface area contributed by atoms with Gasteiger partial charge in [0.05, 0.1) is 23.8 Å². The van der Waals surface area contributed by atoms with E-state index in [4.69, 9.17) is 4.74 Å². The Morgan fingerprint density at radius 3 is 3.04 bits per heavy atom. The summed E-state index contributed by atoms with van der Waals surface area (Å²) in [6.07, 6.45) is 4.06. The predicted molar refractivity (Wildman–Crippen MR) is 101 cm³/mol. The van der Waals surface area contributed by atoms with Crippen LogP contribution in [0.5, 0.6) is 5.75 Å². The van der Waals surface area contributed by atoms with Crippen LogP contribution in [-0.4, -0.2) is 39.5 Å². The highest BCUT2D eigenvalue weighted by atomic mass is 32.1. The fourth-order valence-corrected chi connectivity index (χ4v) is 3.41. The quantitative estimate of drug-likeness (QED) is 0.488. The van der Waals surface area contributed by atoms with E-state index in [-0.39, 0.29) is 5.91 Å². The van der Waals surface area contributed by atoms with Gasteiger partial charge in [-0.25, -0.2) is 9.97 Å².